The maximum Gasteiger partial charge on any atom is 0.308 e. The molecule has 0 saturated heterocycles. The number of carbonyl (C=O) groups excluding carboxylic acids is 1. The van der Waals surface area contributed by atoms with Gasteiger partial charge in [-0.1, -0.05) is 56.3 Å². The first-order valence-electron chi connectivity index (χ1n) is 14.3. The van der Waals surface area contributed by atoms with Crippen LogP contribution >= 0.6 is 0 Å². The molecule has 2 bridgehead atoms. The van der Waals surface area contributed by atoms with Gasteiger partial charge in [-0.2, -0.15) is 0 Å². The van der Waals surface area contributed by atoms with E-state index in [0.29, 0.717) is 11.8 Å². The minimum absolute atomic E-state index is 0.0761. The van der Waals surface area contributed by atoms with Gasteiger partial charge in [-0.3, -0.25) is 4.79 Å². The Morgan fingerprint density at radius 3 is 2.47 bits per heavy atom. The normalized spacial score (nSPS) is 26.9. The molecule has 6 heteroatoms. The summed E-state index contributed by atoms with van der Waals surface area (Å²) in [7, 11) is 4.03. The summed E-state index contributed by atoms with van der Waals surface area (Å²) in [6, 6.07) is 18.8. The van der Waals surface area contributed by atoms with E-state index in [-0.39, 0.29) is 17.5 Å². The van der Waals surface area contributed by atoms with Gasteiger partial charge in [0.1, 0.15) is 11.4 Å². The molecule has 1 aromatic heterocycles. The summed E-state index contributed by atoms with van der Waals surface area (Å²) in [4.78, 5) is 23.5. The molecule has 3 fully saturated rings. The molecule has 3 saturated carbocycles. The second kappa shape index (κ2) is 11.2. The zero-order chi connectivity index (χ0) is 26.8. The van der Waals surface area contributed by atoms with Gasteiger partial charge < -0.3 is 19.4 Å². The molecule has 3 aromatic rings. The number of methoxy groups -OCH3 is 1. The molecule has 0 aliphatic heterocycles. The van der Waals surface area contributed by atoms with Gasteiger partial charge in [0.15, 0.2) is 0 Å². The third-order valence-corrected chi connectivity index (χ3v) is 9.12. The van der Waals surface area contributed by atoms with Gasteiger partial charge in [0.25, 0.3) is 0 Å². The number of carbonyl (C=O) groups is 1. The number of nitrogens with one attached hydrogen (secondary N) is 1. The molecule has 0 unspecified atom stereocenters. The smallest absolute Gasteiger partial charge is 0.308 e. The number of imidazole rings is 1. The molecule has 38 heavy (non-hydrogen) atoms. The Morgan fingerprint density at radius 2 is 1.79 bits per heavy atom. The zero-order valence-corrected chi connectivity index (χ0v) is 23.4. The van der Waals surface area contributed by atoms with Gasteiger partial charge in [-0.25, -0.2) is 4.98 Å². The first kappa shape index (κ1) is 26.9. The number of rotatable bonds is 11. The van der Waals surface area contributed by atoms with Crippen LogP contribution in [0.15, 0.2) is 54.6 Å². The number of nitrogens with zero attached hydrogens (tertiary/aromatic N) is 2. The van der Waals surface area contributed by atoms with Gasteiger partial charge in [0.2, 0.25) is 0 Å². The predicted molar refractivity (Wildman–Crippen MR) is 151 cm³/mol. The molecule has 3 aliphatic carbocycles. The number of hydrogen-bond donors (Lipinski definition) is 1. The molecule has 6 nitrogen and oxygen atoms in total. The van der Waals surface area contributed by atoms with Crippen molar-refractivity contribution in [3.63, 3.8) is 0 Å². The summed E-state index contributed by atoms with van der Waals surface area (Å²) in [5, 5.41) is 0. The van der Waals surface area contributed by atoms with Crippen molar-refractivity contribution in [3.8, 4) is 0 Å². The van der Waals surface area contributed by atoms with Gasteiger partial charge in [0.05, 0.1) is 22.6 Å². The minimum atomic E-state index is -0.423. The van der Waals surface area contributed by atoms with Crippen LogP contribution in [0, 0.1) is 17.8 Å². The molecule has 0 spiro atoms. The Bertz CT molecular complexity index is 1190. The van der Waals surface area contributed by atoms with Crippen LogP contribution in [0.5, 0.6) is 0 Å². The van der Waals surface area contributed by atoms with Crippen LogP contribution in [0.2, 0.25) is 0 Å². The van der Waals surface area contributed by atoms with Crippen molar-refractivity contribution in [2.75, 3.05) is 27.2 Å². The first-order valence-corrected chi connectivity index (χ1v) is 14.3. The molecule has 1 N–H and O–H groups in total. The van der Waals surface area contributed by atoms with Gasteiger partial charge in [0, 0.05) is 32.4 Å². The highest BCUT2D eigenvalue weighted by atomic mass is 16.6. The van der Waals surface area contributed by atoms with E-state index in [9.17, 15) is 4.79 Å². The second-order valence-corrected chi connectivity index (χ2v) is 11.8. The quantitative estimate of drug-likeness (QED) is 0.311. The van der Waals surface area contributed by atoms with E-state index >= 15 is 0 Å². The summed E-state index contributed by atoms with van der Waals surface area (Å²) in [6.45, 7) is 5.75. The van der Waals surface area contributed by atoms with E-state index in [1.165, 1.54) is 5.56 Å². The zero-order valence-electron chi connectivity index (χ0n) is 23.4. The maximum atomic E-state index is 13.0. The van der Waals surface area contributed by atoms with Crippen LogP contribution in [0.25, 0.3) is 11.0 Å². The average Bonchev–Trinajstić information content (AvgIpc) is 3.35. The first-order chi connectivity index (χ1) is 18.3. The Labute approximate surface area is 227 Å². The average molecular weight is 518 g/mol. The lowest BCUT2D eigenvalue weighted by Gasteiger charge is -2.59. The van der Waals surface area contributed by atoms with Crippen molar-refractivity contribution in [1.29, 1.82) is 0 Å². The SMILES string of the molecule is CO[C@]1(c2ccccc2)C[C@@H]2CC[C@H]1C[C@]2(CCN(C)CCCc1nc2ccccc2[nH]1)OC(=O)C(C)C. The maximum absolute atomic E-state index is 13.0. The summed E-state index contributed by atoms with van der Waals surface area (Å²) < 4.78 is 12.8. The number of aryl methyl sites for hydroxylation is 1. The molecule has 0 radical (unpaired) electrons. The number of hydrogen-bond acceptors (Lipinski definition) is 5. The number of esters is 1. The van der Waals surface area contributed by atoms with Crippen LogP contribution in [-0.4, -0.2) is 53.7 Å². The predicted octanol–water partition coefficient (Wildman–Crippen LogP) is 6.12. The highest BCUT2D eigenvalue weighted by molar-refractivity contribution is 5.74. The van der Waals surface area contributed by atoms with Crippen LogP contribution in [0.1, 0.15) is 63.8 Å². The third-order valence-electron chi connectivity index (χ3n) is 9.12. The van der Waals surface area contributed by atoms with Crippen molar-refractivity contribution in [3.05, 3.63) is 66.0 Å². The van der Waals surface area contributed by atoms with Crippen LogP contribution in [0.3, 0.4) is 0 Å². The van der Waals surface area contributed by atoms with Gasteiger partial charge in [-0.05, 0) is 69.3 Å². The number of fused-ring (bicyclic) bond motifs is 4. The molecular weight excluding hydrogens is 474 g/mol. The van der Waals surface area contributed by atoms with Crippen molar-refractivity contribution >= 4 is 17.0 Å². The molecule has 1 heterocycles. The van der Waals surface area contributed by atoms with E-state index in [1.807, 2.05) is 39.2 Å². The molecule has 4 atom stereocenters. The topological polar surface area (TPSA) is 67.4 Å². The molecule has 204 valence electrons. The van der Waals surface area contributed by atoms with Gasteiger partial charge in [-0.15, -0.1) is 0 Å². The molecular formula is C32H43N3O3. The second-order valence-electron chi connectivity index (χ2n) is 11.8. The number of H-pyrrole nitrogens is 1. The van der Waals surface area contributed by atoms with Crippen molar-refractivity contribution in [1.82, 2.24) is 14.9 Å². The number of benzene rings is 2. The van der Waals surface area contributed by atoms with E-state index in [4.69, 9.17) is 14.5 Å². The molecule has 3 aliphatic rings. The van der Waals surface area contributed by atoms with Gasteiger partial charge >= 0.3 is 5.97 Å². The lowest BCUT2D eigenvalue weighted by molar-refractivity contribution is -0.226. The van der Waals surface area contributed by atoms with E-state index in [1.54, 1.807) is 0 Å². The molecule has 0 amide bonds. The fourth-order valence-electron chi connectivity index (χ4n) is 6.94. The number of aromatic amines is 1. The number of ether oxygens (including phenoxy) is 2. The number of para-hydroxylation sites is 2. The van der Waals surface area contributed by atoms with Crippen LogP contribution < -0.4 is 0 Å². The Morgan fingerprint density at radius 1 is 1.05 bits per heavy atom. The minimum Gasteiger partial charge on any atom is -0.459 e. The van der Waals surface area contributed by atoms with Crippen molar-refractivity contribution < 1.29 is 14.3 Å². The highest BCUT2D eigenvalue weighted by Crippen LogP contribution is 2.60. The highest BCUT2D eigenvalue weighted by Gasteiger charge is 2.60. The van der Waals surface area contributed by atoms with Crippen molar-refractivity contribution in [2.45, 2.75) is 70.0 Å². The monoisotopic (exact) mass is 517 g/mol. The fourth-order valence-corrected chi connectivity index (χ4v) is 6.94. The van der Waals surface area contributed by atoms with Crippen LogP contribution in [0.4, 0.5) is 0 Å². The Kier molecular flexibility index (Phi) is 7.92. The Hall–Kier alpha value is -2.70. The number of aromatic nitrogens is 2. The van der Waals surface area contributed by atoms with Crippen LogP contribution in [-0.2, 0) is 26.3 Å². The summed E-state index contributed by atoms with van der Waals surface area (Å²) >= 11 is 0. The fraction of sp³-hybridized carbons (Fsp3) is 0.562. The summed E-state index contributed by atoms with van der Waals surface area (Å²) in [6.07, 6.45) is 6.78. The van der Waals surface area contributed by atoms with E-state index < -0.39 is 5.60 Å². The van der Waals surface area contributed by atoms with E-state index in [0.717, 1.165) is 74.9 Å². The lowest BCUT2D eigenvalue weighted by atomic mass is 9.53. The molecule has 2 aromatic carbocycles. The summed E-state index contributed by atoms with van der Waals surface area (Å²) in [5.74, 6) is 1.46. The third kappa shape index (κ3) is 5.26. The van der Waals surface area contributed by atoms with Crippen molar-refractivity contribution in [2.24, 2.45) is 17.8 Å². The van der Waals surface area contributed by atoms with E-state index in [2.05, 4.69) is 53.3 Å². The summed E-state index contributed by atoms with van der Waals surface area (Å²) in [5.41, 5.74) is 2.66. The molecule has 6 rings (SSSR count). The Balaban J connectivity index is 1.25. The largest absolute Gasteiger partial charge is 0.459 e. The standard InChI is InChI=1S/C32H43N3O3/c1-23(2)30(36)38-31(18-20-35(3)19-10-15-29-33-27-13-8-9-14-28(27)34-29)21-26-17-16-25(31)22-32(26,37-4)24-11-6-5-7-12-24/h5-9,11-14,23,25-26H,10,15-22H2,1-4H3,(H,33,34)/t25-,26-,31-,32-/m0/s1. The lowest BCUT2D eigenvalue weighted by Crippen LogP contribution is -2.60.